The lowest BCUT2D eigenvalue weighted by molar-refractivity contribution is -0.140. The van der Waals surface area contributed by atoms with Crippen LogP contribution in [0.5, 0.6) is 0 Å². The fourth-order valence-corrected chi connectivity index (χ4v) is 1.81. The van der Waals surface area contributed by atoms with Crippen molar-refractivity contribution in [3.05, 3.63) is 0 Å². The monoisotopic (exact) mass is 185 g/mol. The molecule has 0 aromatic heterocycles. The highest BCUT2D eigenvalue weighted by molar-refractivity contribution is 5.73. The number of piperidine rings is 1. The van der Waals surface area contributed by atoms with Gasteiger partial charge in [-0.2, -0.15) is 0 Å². The predicted octanol–water partition coefficient (Wildman–Crippen LogP) is 1.63. The molecule has 1 heterocycles. The Kier molecular flexibility index (Phi) is 2.96. The van der Waals surface area contributed by atoms with Crippen LogP contribution in [0.25, 0.3) is 0 Å². The maximum Gasteiger partial charge on any atom is 0.320 e. The third kappa shape index (κ3) is 2.69. The van der Waals surface area contributed by atoms with Gasteiger partial charge >= 0.3 is 5.97 Å². The van der Waals surface area contributed by atoms with Gasteiger partial charge in [-0.1, -0.05) is 20.8 Å². The van der Waals surface area contributed by atoms with Crippen molar-refractivity contribution in [2.45, 2.75) is 52.1 Å². The Hall–Kier alpha value is -0.570. The van der Waals surface area contributed by atoms with Crippen molar-refractivity contribution in [1.29, 1.82) is 0 Å². The van der Waals surface area contributed by atoms with Crippen LogP contribution in [0, 0.1) is 5.41 Å². The number of hydrogen-bond donors (Lipinski definition) is 2. The molecule has 1 saturated heterocycles. The molecule has 0 spiro atoms. The number of carboxylic acids is 1. The molecule has 3 nitrogen and oxygen atoms in total. The number of rotatable bonds is 1. The number of nitrogens with one attached hydrogen (secondary N) is 1. The fourth-order valence-electron chi connectivity index (χ4n) is 1.81. The van der Waals surface area contributed by atoms with Gasteiger partial charge in [-0.3, -0.25) is 4.79 Å². The molecule has 2 N–H and O–H groups in total. The van der Waals surface area contributed by atoms with Gasteiger partial charge in [0, 0.05) is 6.04 Å². The molecule has 2 unspecified atom stereocenters. The lowest BCUT2D eigenvalue weighted by Crippen LogP contribution is -2.51. The first-order valence-corrected chi connectivity index (χ1v) is 4.90. The largest absolute Gasteiger partial charge is 0.480 e. The Morgan fingerprint density at radius 2 is 2.00 bits per heavy atom. The van der Waals surface area contributed by atoms with E-state index in [9.17, 15) is 4.79 Å². The third-order valence-electron chi connectivity index (χ3n) is 2.73. The second-order valence-electron chi connectivity index (χ2n) is 4.91. The van der Waals surface area contributed by atoms with Gasteiger partial charge in [-0.15, -0.1) is 0 Å². The normalized spacial score (nSPS) is 30.1. The van der Waals surface area contributed by atoms with E-state index >= 15 is 0 Å². The number of aliphatic carboxylic acids is 1. The summed E-state index contributed by atoms with van der Waals surface area (Å²) in [5.74, 6) is -0.714. The first kappa shape index (κ1) is 10.5. The van der Waals surface area contributed by atoms with Crippen molar-refractivity contribution in [2.75, 3.05) is 0 Å². The van der Waals surface area contributed by atoms with Gasteiger partial charge in [0.2, 0.25) is 0 Å². The molecule has 0 aliphatic carbocycles. The Morgan fingerprint density at radius 1 is 1.38 bits per heavy atom. The Balaban J connectivity index is 2.57. The van der Waals surface area contributed by atoms with Gasteiger partial charge in [0.05, 0.1) is 0 Å². The molecule has 3 heteroatoms. The summed E-state index contributed by atoms with van der Waals surface area (Å²) in [7, 11) is 0. The van der Waals surface area contributed by atoms with Crippen LogP contribution in [0.4, 0.5) is 0 Å². The first-order chi connectivity index (χ1) is 5.91. The second-order valence-corrected chi connectivity index (χ2v) is 4.91. The molecule has 0 amide bonds. The minimum atomic E-state index is -0.714. The SMILES string of the molecule is CC(C)(C)C1CCCC(C(=O)O)N1. The highest BCUT2D eigenvalue weighted by atomic mass is 16.4. The van der Waals surface area contributed by atoms with Gasteiger partial charge < -0.3 is 10.4 Å². The van der Waals surface area contributed by atoms with Crippen LogP contribution in [-0.2, 0) is 4.79 Å². The van der Waals surface area contributed by atoms with Gasteiger partial charge in [-0.25, -0.2) is 0 Å². The average molecular weight is 185 g/mol. The number of hydrogen-bond acceptors (Lipinski definition) is 2. The minimum absolute atomic E-state index is 0.161. The quantitative estimate of drug-likeness (QED) is 0.652. The Morgan fingerprint density at radius 3 is 2.46 bits per heavy atom. The van der Waals surface area contributed by atoms with E-state index in [1.54, 1.807) is 0 Å². The summed E-state index contributed by atoms with van der Waals surface area (Å²) in [5.41, 5.74) is 0.161. The summed E-state index contributed by atoms with van der Waals surface area (Å²) >= 11 is 0. The van der Waals surface area contributed by atoms with Gasteiger partial charge in [0.25, 0.3) is 0 Å². The molecule has 76 valence electrons. The van der Waals surface area contributed by atoms with E-state index in [2.05, 4.69) is 26.1 Å². The van der Waals surface area contributed by atoms with Crippen molar-refractivity contribution >= 4 is 5.97 Å². The van der Waals surface area contributed by atoms with Gasteiger partial charge in [0.1, 0.15) is 6.04 Å². The third-order valence-corrected chi connectivity index (χ3v) is 2.73. The molecule has 0 aromatic rings. The van der Waals surface area contributed by atoms with Crippen LogP contribution in [0.3, 0.4) is 0 Å². The van der Waals surface area contributed by atoms with Crippen LogP contribution < -0.4 is 5.32 Å². The first-order valence-electron chi connectivity index (χ1n) is 4.90. The lowest BCUT2D eigenvalue weighted by atomic mass is 9.80. The van der Waals surface area contributed by atoms with Crippen molar-refractivity contribution in [2.24, 2.45) is 5.41 Å². The summed E-state index contributed by atoms with van der Waals surface area (Å²) in [4.78, 5) is 10.8. The lowest BCUT2D eigenvalue weighted by Gasteiger charge is -2.37. The average Bonchev–Trinajstić information content (AvgIpc) is 2.03. The zero-order chi connectivity index (χ0) is 10.1. The molecule has 0 bridgehead atoms. The molecule has 1 fully saturated rings. The molecular formula is C10H19NO2. The molecule has 0 saturated carbocycles. The summed E-state index contributed by atoms with van der Waals surface area (Å²) in [6, 6.07) is 0.000301. The summed E-state index contributed by atoms with van der Waals surface area (Å²) in [6.45, 7) is 6.44. The Labute approximate surface area is 79.5 Å². The predicted molar refractivity (Wildman–Crippen MR) is 51.7 cm³/mol. The fraction of sp³-hybridized carbons (Fsp3) is 0.900. The maximum absolute atomic E-state index is 10.8. The Bertz CT molecular complexity index is 196. The second kappa shape index (κ2) is 3.66. The molecule has 0 aromatic carbocycles. The molecule has 1 rings (SSSR count). The van der Waals surface area contributed by atoms with Crippen molar-refractivity contribution < 1.29 is 9.90 Å². The molecular weight excluding hydrogens is 166 g/mol. The molecule has 13 heavy (non-hydrogen) atoms. The molecule has 2 atom stereocenters. The number of carbonyl (C=O) groups is 1. The van der Waals surface area contributed by atoms with E-state index in [0.29, 0.717) is 6.04 Å². The van der Waals surface area contributed by atoms with E-state index in [0.717, 1.165) is 19.3 Å². The van der Waals surface area contributed by atoms with Gasteiger partial charge in [0.15, 0.2) is 0 Å². The zero-order valence-corrected chi connectivity index (χ0v) is 8.63. The van der Waals surface area contributed by atoms with Crippen LogP contribution in [0.1, 0.15) is 40.0 Å². The van der Waals surface area contributed by atoms with E-state index in [4.69, 9.17) is 5.11 Å². The zero-order valence-electron chi connectivity index (χ0n) is 8.63. The summed E-state index contributed by atoms with van der Waals surface area (Å²) in [6.07, 6.45) is 2.88. The van der Waals surface area contributed by atoms with Crippen LogP contribution in [-0.4, -0.2) is 23.2 Å². The topological polar surface area (TPSA) is 49.3 Å². The van der Waals surface area contributed by atoms with Gasteiger partial charge in [-0.05, 0) is 24.7 Å². The summed E-state index contributed by atoms with van der Waals surface area (Å²) < 4.78 is 0. The van der Waals surface area contributed by atoms with Crippen molar-refractivity contribution in [3.8, 4) is 0 Å². The van der Waals surface area contributed by atoms with E-state index in [1.807, 2.05) is 0 Å². The molecule has 1 aliphatic rings. The van der Waals surface area contributed by atoms with E-state index < -0.39 is 5.97 Å². The van der Waals surface area contributed by atoms with E-state index in [-0.39, 0.29) is 11.5 Å². The standard InChI is InChI=1S/C10H19NO2/c1-10(2,3)8-6-4-5-7(11-8)9(12)13/h7-8,11H,4-6H2,1-3H3,(H,12,13). The van der Waals surface area contributed by atoms with Crippen LogP contribution in [0.15, 0.2) is 0 Å². The maximum atomic E-state index is 10.8. The molecule has 1 aliphatic heterocycles. The summed E-state index contributed by atoms with van der Waals surface area (Å²) in [5, 5.41) is 12.1. The smallest absolute Gasteiger partial charge is 0.320 e. The van der Waals surface area contributed by atoms with Crippen LogP contribution >= 0.6 is 0 Å². The number of carboxylic acid groups (broad SMARTS) is 1. The highest BCUT2D eigenvalue weighted by Crippen LogP contribution is 2.27. The van der Waals surface area contributed by atoms with Crippen molar-refractivity contribution in [3.63, 3.8) is 0 Å². The van der Waals surface area contributed by atoms with Crippen molar-refractivity contribution in [1.82, 2.24) is 5.32 Å². The highest BCUT2D eigenvalue weighted by Gasteiger charge is 2.32. The molecule has 0 radical (unpaired) electrons. The van der Waals surface area contributed by atoms with E-state index in [1.165, 1.54) is 0 Å². The van der Waals surface area contributed by atoms with Crippen LogP contribution in [0.2, 0.25) is 0 Å². The minimum Gasteiger partial charge on any atom is -0.480 e.